The first-order chi connectivity index (χ1) is 17.7. The molecule has 0 saturated carbocycles. The number of azo groups is 2. The Bertz CT molecular complexity index is 1730. The number of nitrogens with zero attached hydrogens (tertiary/aromatic N) is 4. The van der Waals surface area contributed by atoms with Crippen molar-refractivity contribution in [3.63, 3.8) is 0 Å². The molecule has 0 aliphatic rings. The van der Waals surface area contributed by atoms with Gasteiger partial charge in [-0.05, 0) is 123 Å². The molecule has 0 amide bonds. The van der Waals surface area contributed by atoms with E-state index >= 15 is 0 Å². The fourth-order valence-corrected chi connectivity index (χ4v) is 4.72. The van der Waals surface area contributed by atoms with Crippen LogP contribution in [0.1, 0.15) is 33.4 Å². The van der Waals surface area contributed by atoms with E-state index in [4.69, 9.17) is 0 Å². The van der Waals surface area contributed by atoms with Crippen LogP contribution >= 0.6 is 0 Å². The van der Waals surface area contributed by atoms with Crippen LogP contribution in [0.3, 0.4) is 0 Å². The quantitative estimate of drug-likeness (QED) is 0.252. The van der Waals surface area contributed by atoms with Gasteiger partial charge in [-0.3, -0.25) is 0 Å². The van der Waals surface area contributed by atoms with Crippen molar-refractivity contribution in [3.05, 3.63) is 100 Å². The fourth-order valence-electron chi connectivity index (χ4n) is 4.72. The van der Waals surface area contributed by atoms with Gasteiger partial charge < -0.3 is 5.11 Å². The van der Waals surface area contributed by atoms with Crippen LogP contribution in [0.4, 0.5) is 22.7 Å². The zero-order valence-electron chi connectivity index (χ0n) is 22.1. The normalized spacial score (nSPS) is 11.9. The number of rotatable bonds is 4. The van der Waals surface area contributed by atoms with E-state index in [0.717, 1.165) is 60.7 Å². The van der Waals surface area contributed by atoms with E-state index in [1.807, 2.05) is 62.4 Å². The molecule has 0 aromatic heterocycles. The lowest BCUT2D eigenvalue weighted by Crippen LogP contribution is -1.84. The molecule has 0 unspecified atom stereocenters. The molecule has 0 radical (unpaired) electrons. The van der Waals surface area contributed by atoms with E-state index in [1.165, 1.54) is 5.56 Å². The molecule has 5 aromatic carbocycles. The number of aryl methyl sites for hydroxylation is 6. The van der Waals surface area contributed by atoms with E-state index in [9.17, 15) is 5.11 Å². The lowest BCUT2D eigenvalue weighted by Gasteiger charge is -2.10. The second-order valence-electron chi connectivity index (χ2n) is 9.95. The first-order valence-corrected chi connectivity index (χ1v) is 12.4. The number of benzene rings is 5. The van der Waals surface area contributed by atoms with Crippen LogP contribution in [0.2, 0.25) is 0 Å². The van der Waals surface area contributed by atoms with Crippen LogP contribution in [-0.4, -0.2) is 5.11 Å². The summed E-state index contributed by atoms with van der Waals surface area (Å²) >= 11 is 0. The molecule has 0 fully saturated rings. The maximum Gasteiger partial charge on any atom is 0.151 e. The van der Waals surface area contributed by atoms with Gasteiger partial charge in [0, 0.05) is 16.2 Å². The fraction of sp³-hybridized carbons (Fsp3) is 0.188. The molecule has 0 atom stereocenters. The third-order valence-corrected chi connectivity index (χ3v) is 6.76. The molecule has 0 saturated heterocycles. The monoisotopic (exact) mass is 486 g/mol. The highest BCUT2D eigenvalue weighted by atomic mass is 16.3. The Kier molecular flexibility index (Phi) is 6.30. The predicted molar refractivity (Wildman–Crippen MR) is 153 cm³/mol. The van der Waals surface area contributed by atoms with Gasteiger partial charge in [0.2, 0.25) is 0 Å². The van der Waals surface area contributed by atoms with Crippen molar-refractivity contribution >= 4 is 44.3 Å². The smallest absolute Gasteiger partial charge is 0.151 e. The molecule has 37 heavy (non-hydrogen) atoms. The van der Waals surface area contributed by atoms with E-state index in [2.05, 4.69) is 66.4 Å². The van der Waals surface area contributed by atoms with Crippen molar-refractivity contribution in [2.45, 2.75) is 41.5 Å². The lowest BCUT2D eigenvalue weighted by molar-refractivity contribution is 0.482. The van der Waals surface area contributed by atoms with Gasteiger partial charge in [0.05, 0.1) is 17.1 Å². The second kappa shape index (κ2) is 9.58. The third kappa shape index (κ3) is 4.85. The summed E-state index contributed by atoms with van der Waals surface area (Å²) in [6.45, 7) is 12.2. The number of aromatic hydroxyl groups is 1. The Labute approximate surface area is 217 Å². The highest BCUT2D eigenvalue weighted by Gasteiger charge is 2.12. The Balaban J connectivity index is 1.60. The van der Waals surface area contributed by atoms with Crippen LogP contribution in [0.5, 0.6) is 5.75 Å². The minimum Gasteiger partial charge on any atom is -0.505 e. The zero-order valence-corrected chi connectivity index (χ0v) is 22.1. The van der Waals surface area contributed by atoms with Crippen molar-refractivity contribution in [2.24, 2.45) is 20.5 Å². The average molecular weight is 487 g/mol. The second-order valence-corrected chi connectivity index (χ2v) is 9.95. The largest absolute Gasteiger partial charge is 0.505 e. The average Bonchev–Trinajstić information content (AvgIpc) is 2.84. The van der Waals surface area contributed by atoms with Gasteiger partial charge in [0.15, 0.2) is 5.75 Å². The minimum absolute atomic E-state index is 0.151. The number of phenols is 1. The van der Waals surface area contributed by atoms with E-state index < -0.39 is 0 Å². The van der Waals surface area contributed by atoms with Gasteiger partial charge >= 0.3 is 0 Å². The van der Waals surface area contributed by atoms with E-state index in [1.54, 1.807) is 0 Å². The van der Waals surface area contributed by atoms with Gasteiger partial charge in [0.1, 0.15) is 5.69 Å². The van der Waals surface area contributed by atoms with Gasteiger partial charge in [-0.15, -0.1) is 15.3 Å². The van der Waals surface area contributed by atoms with Gasteiger partial charge in [-0.1, -0.05) is 23.8 Å². The molecule has 5 heteroatoms. The Morgan fingerprint density at radius 2 is 1.08 bits per heavy atom. The predicted octanol–water partition coefficient (Wildman–Crippen LogP) is 10.4. The first kappa shape index (κ1) is 24.3. The molecule has 0 aliphatic heterocycles. The SMILES string of the molecule is Cc1cc(C)cc(N=Nc2ccc(N=Nc3c(C)cc4ccc(C)cc4c3O)c3cc(C)c(C)cc23)c1. The van der Waals surface area contributed by atoms with E-state index in [0.29, 0.717) is 11.4 Å². The highest BCUT2D eigenvalue weighted by molar-refractivity contribution is 6.01. The summed E-state index contributed by atoms with van der Waals surface area (Å²) in [5, 5.41) is 32.9. The summed E-state index contributed by atoms with van der Waals surface area (Å²) in [5.41, 5.74) is 9.39. The van der Waals surface area contributed by atoms with Gasteiger partial charge in [-0.25, -0.2) is 0 Å². The number of phenolic OH excluding ortho intramolecular Hbond substituents is 1. The number of fused-ring (bicyclic) bond motifs is 2. The van der Waals surface area contributed by atoms with Crippen LogP contribution in [0, 0.1) is 41.5 Å². The van der Waals surface area contributed by atoms with Gasteiger partial charge in [-0.2, -0.15) is 5.11 Å². The van der Waals surface area contributed by atoms with Gasteiger partial charge in [0.25, 0.3) is 0 Å². The van der Waals surface area contributed by atoms with Crippen molar-refractivity contribution in [3.8, 4) is 5.75 Å². The first-order valence-electron chi connectivity index (χ1n) is 12.4. The molecular weight excluding hydrogens is 456 g/mol. The topological polar surface area (TPSA) is 69.7 Å². The minimum atomic E-state index is 0.151. The number of hydrogen-bond acceptors (Lipinski definition) is 5. The summed E-state index contributed by atoms with van der Waals surface area (Å²) in [4.78, 5) is 0. The third-order valence-electron chi connectivity index (χ3n) is 6.76. The summed E-state index contributed by atoms with van der Waals surface area (Å²) < 4.78 is 0. The van der Waals surface area contributed by atoms with E-state index in [-0.39, 0.29) is 5.75 Å². The van der Waals surface area contributed by atoms with Crippen LogP contribution in [0.25, 0.3) is 21.5 Å². The Morgan fingerprint density at radius 1 is 0.486 bits per heavy atom. The molecule has 184 valence electrons. The number of hydrogen-bond donors (Lipinski definition) is 1. The van der Waals surface area contributed by atoms with Crippen molar-refractivity contribution in [1.29, 1.82) is 0 Å². The highest BCUT2D eigenvalue weighted by Crippen LogP contribution is 2.41. The van der Waals surface area contributed by atoms with Crippen LogP contribution < -0.4 is 0 Å². The Morgan fingerprint density at radius 3 is 1.70 bits per heavy atom. The molecule has 0 bridgehead atoms. The zero-order chi connectivity index (χ0) is 26.3. The Hall–Kier alpha value is -4.38. The van der Waals surface area contributed by atoms with Crippen LogP contribution in [0.15, 0.2) is 87.2 Å². The summed E-state index contributed by atoms with van der Waals surface area (Å²) in [5.74, 6) is 0.151. The standard InChI is InChI=1S/C32H30N4O/c1-18-7-8-24-15-23(6)31(32(37)26(24)14-18)36-35-30-10-9-29(27-16-21(4)22(5)17-28(27)30)34-33-25-12-19(2)11-20(3)13-25/h7-17,37H,1-6H3. The molecule has 5 rings (SSSR count). The van der Waals surface area contributed by atoms with Crippen molar-refractivity contribution < 1.29 is 5.11 Å². The van der Waals surface area contributed by atoms with Crippen molar-refractivity contribution in [2.75, 3.05) is 0 Å². The molecule has 0 spiro atoms. The molecule has 0 heterocycles. The molecule has 5 aromatic rings. The van der Waals surface area contributed by atoms with Crippen LogP contribution in [-0.2, 0) is 0 Å². The molecular formula is C32H30N4O. The maximum atomic E-state index is 11.0. The molecule has 5 nitrogen and oxygen atoms in total. The summed E-state index contributed by atoms with van der Waals surface area (Å²) in [7, 11) is 0. The maximum absolute atomic E-state index is 11.0. The van der Waals surface area contributed by atoms with Crippen molar-refractivity contribution in [1.82, 2.24) is 0 Å². The lowest BCUT2D eigenvalue weighted by atomic mass is 10.0. The summed E-state index contributed by atoms with van der Waals surface area (Å²) in [6.07, 6.45) is 0. The summed E-state index contributed by atoms with van der Waals surface area (Å²) in [6, 6.07) is 22.3. The molecule has 0 aliphatic carbocycles. The molecule has 1 N–H and O–H groups in total.